The number of aldehydes is 2. The molecule has 0 amide bonds. The number of halogens is 3. The maximum absolute atomic E-state index is 10.5. The molecule has 0 spiro atoms. The van der Waals surface area contributed by atoms with E-state index in [0.717, 1.165) is 6.67 Å². The zero-order valence-electron chi connectivity index (χ0n) is 33.6. The normalized spacial score (nSPS) is 8.04. The molecule has 0 aromatic carbocycles. The minimum absolute atomic E-state index is 0. The summed E-state index contributed by atoms with van der Waals surface area (Å²) in [5.41, 5.74) is 4.50. The van der Waals surface area contributed by atoms with Crippen LogP contribution < -0.4 is 67.8 Å². The van der Waals surface area contributed by atoms with Crippen LogP contribution in [0.3, 0.4) is 0 Å². The van der Waals surface area contributed by atoms with Crippen molar-refractivity contribution in [3.8, 4) is 0 Å². The van der Waals surface area contributed by atoms with Crippen molar-refractivity contribution < 1.29 is 120 Å². The Labute approximate surface area is 407 Å². The average Bonchev–Trinajstić information content (AvgIpc) is 3.06. The van der Waals surface area contributed by atoms with Crippen LogP contribution >= 0.6 is 61.2 Å². The van der Waals surface area contributed by atoms with Crippen molar-refractivity contribution >= 4 is 110 Å². The quantitative estimate of drug-likeness (QED) is 0.0421. The number of nitrogens with zero attached hydrogens (tertiary/aromatic N) is 3. The second kappa shape index (κ2) is 70.5. The van der Waals surface area contributed by atoms with Gasteiger partial charge in [-0.3, -0.25) is 48.2 Å². The van der Waals surface area contributed by atoms with Crippen LogP contribution in [0.15, 0.2) is 0 Å². The van der Waals surface area contributed by atoms with Crippen LogP contribution in [-0.2, 0) is 66.8 Å². The van der Waals surface area contributed by atoms with Crippen LogP contribution in [0.25, 0.3) is 0 Å². The van der Waals surface area contributed by atoms with Crippen LogP contribution in [0.5, 0.6) is 0 Å². The summed E-state index contributed by atoms with van der Waals surface area (Å²) in [4.78, 5) is 85.3. The SMILES string of the molecule is C.C.CC(=O)OCC=O.CC(=O)OCC=O.CC(=O)OCN(C)CN(C)COC(C)=O.CC(=O)OCN(C)COC(C)=O.CN.CNCNC.I.II.[H-].[K+]. The van der Waals surface area contributed by atoms with Gasteiger partial charge >= 0.3 is 87.2 Å². The van der Waals surface area contributed by atoms with E-state index in [0.29, 0.717) is 19.2 Å². The van der Waals surface area contributed by atoms with Crippen LogP contribution in [0.1, 0.15) is 57.8 Å². The van der Waals surface area contributed by atoms with Crippen LogP contribution in [0, 0.1) is 0 Å². The molecule has 0 fully saturated rings. The van der Waals surface area contributed by atoms with Crippen molar-refractivity contribution in [3.63, 3.8) is 0 Å². The number of hydrogen-bond donors (Lipinski definition) is 3. The van der Waals surface area contributed by atoms with Gasteiger partial charge in [-0.05, 0) is 42.3 Å². The van der Waals surface area contributed by atoms with E-state index in [9.17, 15) is 38.4 Å². The summed E-state index contributed by atoms with van der Waals surface area (Å²) in [5, 5.41) is 5.81. The van der Waals surface area contributed by atoms with Gasteiger partial charge in [-0.1, -0.05) is 14.9 Å². The number of nitrogens with two attached hydrogens (primary N) is 1. The van der Waals surface area contributed by atoms with E-state index in [1.54, 1.807) is 35.8 Å². The van der Waals surface area contributed by atoms with Crippen LogP contribution in [0.2, 0.25) is 0 Å². The Kier molecular flexibility index (Phi) is 107. The molecule has 0 aliphatic rings. The fourth-order valence-electron chi connectivity index (χ4n) is 1.81. The molecule has 20 nitrogen and oxygen atoms in total. The minimum Gasteiger partial charge on any atom is -1.00 e. The van der Waals surface area contributed by atoms with E-state index >= 15 is 0 Å². The zero-order chi connectivity index (χ0) is 40.9. The maximum Gasteiger partial charge on any atom is 1.00 e. The third kappa shape index (κ3) is 117. The molecule has 0 aliphatic carbocycles. The first-order valence-corrected chi connectivity index (χ1v) is 20.4. The molecular formula is C30H68I3KN6O14. The molecule has 0 aromatic heterocycles. The first-order chi connectivity index (χ1) is 23.4. The third-order valence-electron chi connectivity index (χ3n) is 3.50. The smallest absolute Gasteiger partial charge is 1.00 e. The molecular weight excluding hydrogens is 1090 g/mol. The molecule has 324 valence electrons. The molecule has 0 rings (SSSR count). The Morgan fingerprint density at radius 3 is 0.889 bits per heavy atom. The van der Waals surface area contributed by atoms with E-state index in [-0.39, 0.29) is 156 Å². The van der Waals surface area contributed by atoms with Gasteiger partial charge in [0.2, 0.25) is 0 Å². The molecule has 0 aliphatic heterocycles. The van der Waals surface area contributed by atoms with Crippen molar-refractivity contribution in [2.75, 3.05) is 95.8 Å². The van der Waals surface area contributed by atoms with Gasteiger partial charge in [0, 0.05) is 85.4 Å². The Morgan fingerprint density at radius 2 is 0.759 bits per heavy atom. The number of ether oxygens (including phenoxy) is 6. The standard InChI is InChI=1S/C9H18N2O4.C7H13NO4.2C4H6O3.C3H10N2.CH5N.2CH4.I2.HI.K.H/c1-8(12)14-6-10(3)5-11(4)7-15-9(2)13;1-6(9)11-4-8(3)5-12-7(2)10;2*1-4(6)7-3-2-5;1-4-3-5-2;1-2;;;1-2;;;/h5-7H2,1-4H3;4-5H2,1-3H3;2*2H,3H2,1H3;4-5H,3H2,1-2H3;2H2,1H3;2*1H4;;1H;;/q;;;;;;;;;;+1;-1. The summed E-state index contributed by atoms with van der Waals surface area (Å²) in [5.74, 6) is -2.19. The van der Waals surface area contributed by atoms with Gasteiger partial charge in [-0.2, -0.15) is 0 Å². The predicted molar refractivity (Wildman–Crippen MR) is 231 cm³/mol. The summed E-state index contributed by atoms with van der Waals surface area (Å²) in [6, 6.07) is 0. The summed E-state index contributed by atoms with van der Waals surface area (Å²) in [7, 11) is 10.6. The molecule has 0 saturated carbocycles. The molecule has 0 radical (unpaired) electrons. The minimum atomic E-state index is -0.424. The van der Waals surface area contributed by atoms with Crippen molar-refractivity contribution in [1.29, 1.82) is 0 Å². The predicted octanol–water partition coefficient (Wildman–Crippen LogP) is -0.959. The Morgan fingerprint density at radius 1 is 0.556 bits per heavy atom. The largest absolute Gasteiger partial charge is 1.00 e. The summed E-state index contributed by atoms with van der Waals surface area (Å²) < 4.78 is 27.2. The molecule has 0 aromatic rings. The van der Waals surface area contributed by atoms with E-state index in [4.69, 9.17) is 9.47 Å². The van der Waals surface area contributed by atoms with Gasteiger partial charge in [0.25, 0.3) is 0 Å². The summed E-state index contributed by atoms with van der Waals surface area (Å²) in [6.07, 6.45) is 1.06. The van der Waals surface area contributed by atoms with Gasteiger partial charge in [0.1, 0.15) is 40.1 Å². The van der Waals surface area contributed by atoms with Crippen molar-refractivity contribution in [3.05, 3.63) is 0 Å². The fraction of sp³-hybridized carbons (Fsp3) is 0.733. The van der Waals surface area contributed by atoms with Crippen LogP contribution in [0.4, 0.5) is 0 Å². The van der Waals surface area contributed by atoms with Gasteiger partial charge in [0.05, 0.1) is 6.67 Å². The van der Waals surface area contributed by atoms with E-state index < -0.39 is 11.9 Å². The molecule has 4 N–H and O–H groups in total. The molecule has 54 heavy (non-hydrogen) atoms. The first kappa shape index (κ1) is 81.8. The van der Waals surface area contributed by atoms with Gasteiger partial charge in [-0.15, -0.1) is 24.0 Å². The second-order valence-corrected chi connectivity index (χ2v) is 8.59. The number of hydrogen-bond acceptors (Lipinski definition) is 20. The summed E-state index contributed by atoms with van der Waals surface area (Å²) >= 11 is 4.24. The fourth-order valence-corrected chi connectivity index (χ4v) is 1.81. The average molecular weight is 1160 g/mol. The Bertz CT molecular complexity index is 818. The van der Waals surface area contributed by atoms with E-state index in [2.05, 4.69) is 72.5 Å². The molecule has 0 unspecified atom stereocenters. The first-order valence-electron chi connectivity index (χ1n) is 14.1. The van der Waals surface area contributed by atoms with Crippen molar-refractivity contribution in [2.45, 2.75) is 56.4 Å². The molecule has 0 heterocycles. The molecule has 0 bridgehead atoms. The maximum atomic E-state index is 10.5. The topological polar surface area (TPSA) is 252 Å². The molecule has 24 heteroatoms. The van der Waals surface area contributed by atoms with Crippen molar-refractivity contribution in [2.24, 2.45) is 5.73 Å². The number of rotatable bonds is 16. The summed E-state index contributed by atoms with van der Waals surface area (Å²) in [6.45, 7) is 9.73. The monoisotopic (exact) mass is 1160 g/mol. The second-order valence-electron chi connectivity index (χ2n) is 8.59. The molecule has 0 atom stereocenters. The van der Waals surface area contributed by atoms with Gasteiger partial charge in [0.15, 0.2) is 12.6 Å². The van der Waals surface area contributed by atoms with Gasteiger partial charge in [-0.25, -0.2) is 4.90 Å². The number of nitrogens with one attached hydrogen (secondary N) is 2. The number of esters is 6. The van der Waals surface area contributed by atoms with Crippen LogP contribution in [-0.4, -0.2) is 159 Å². The third-order valence-corrected chi connectivity index (χ3v) is 3.50. The van der Waals surface area contributed by atoms with E-state index in [1.165, 1.54) is 48.6 Å². The van der Waals surface area contributed by atoms with Crippen molar-refractivity contribution in [1.82, 2.24) is 25.3 Å². The van der Waals surface area contributed by atoms with E-state index in [1.807, 2.05) is 14.1 Å². The zero-order valence-corrected chi connectivity index (χ0v) is 42.4. The van der Waals surface area contributed by atoms with Gasteiger partial charge < -0.3 is 46.2 Å². The Balaban J connectivity index is -0.0000000419. The number of carbonyl (C=O) groups is 8. The molecule has 0 saturated heterocycles. The Hall–Kier alpha value is -0.254. The number of carbonyl (C=O) groups excluding carboxylic acids is 8.